The number of nitrogens with zero attached hydrogens (tertiary/aromatic N) is 4. The van der Waals surface area contributed by atoms with Gasteiger partial charge < -0.3 is 15.2 Å². The molecule has 7 nitrogen and oxygen atoms in total. The molecule has 114 valence electrons. The summed E-state index contributed by atoms with van der Waals surface area (Å²) in [5.41, 5.74) is 1.84. The third kappa shape index (κ3) is 4.80. The molecule has 0 atom stereocenters. The van der Waals surface area contributed by atoms with Gasteiger partial charge in [-0.05, 0) is 19.9 Å². The molecule has 2 aromatic rings. The van der Waals surface area contributed by atoms with Gasteiger partial charge in [-0.15, -0.1) is 5.10 Å². The summed E-state index contributed by atoms with van der Waals surface area (Å²) in [5.74, 6) is 0.656. The van der Waals surface area contributed by atoms with Gasteiger partial charge in [0.05, 0.1) is 24.9 Å². The number of ether oxygens (including phenoxy) is 1. The first-order chi connectivity index (χ1) is 10.2. The van der Waals surface area contributed by atoms with Crippen molar-refractivity contribution in [2.45, 2.75) is 39.6 Å². The van der Waals surface area contributed by atoms with Gasteiger partial charge in [0.25, 0.3) is 0 Å². The highest BCUT2D eigenvalue weighted by Gasteiger charge is 2.07. The SMILES string of the molecule is CC(C)Oc1ncccc1CNCc1cn(CCO)nn1. The van der Waals surface area contributed by atoms with Crippen LogP contribution in [0.5, 0.6) is 5.88 Å². The second kappa shape index (κ2) is 7.70. The minimum atomic E-state index is 0.0574. The van der Waals surface area contributed by atoms with Crippen molar-refractivity contribution in [2.75, 3.05) is 6.61 Å². The van der Waals surface area contributed by atoms with Crippen LogP contribution < -0.4 is 10.1 Å². The number of aromatic nitrogens is 4. The largest absolute Gasteiger partial charge is 0.475 e. The van der Waals surface area contributed by atoms with Crippen LogP contribution in [0.1, 0.15) is 25.1 Å². The molecule has 0 spiro atoms. The fraction of sp³-hybridized carbons (Fsp3) is 0.500. The number of hydrogen-bond acceptors (Lipinski definition) is 6. The second-order valence-corrected chi connectivity index (χ2v) is 4.93. The molecule has 2 aromatic heterocycles. The number of nitrogens with one attached hydrogen (secondary N) is 1. The molecule has 2 N–H and O–H groups in total. The van der Waals surface area contributed by atoms with E-state index in [1.165, 1.54) is 0 Å². The second-order valence-electron chi connectivity index (χ2n) is 4.93. The van der Waals surface area contributed by atoms with Gasteiger partial charge in [-0.2, -0.15) is 0 Å². The maximum atomic E-state index is 8.83. The minimum absolute atomic E-state index is 0.0574. The summed E-state index contributed by atoms with van der Waals surface area (Å²) in [6, 6.07) is 3.88. The summed E-state index contributed by atoms with van der Waals surface area (Å²) in [6.45, 7) is 5.71. The van der Waals surface area contributed by atoms with Crippen LogP contribution in [0.15, 0.2) is 24.5 Å². The molecule has 2 rings (SSSR count). The van der Waals surface area contributed by atoms with E-state index in [2.05, 4.69) is 20.6 Å². The van der Waals surface area contributed by atoms with Crippen molar-refractivity contribution in [3.05, 3.63) is 35.8 Å². The van der Waals surface area contributed by atoms with Crippen LogP contribution in [0.25, 0.3) is 0 Å². The van der Waals surface area contributed by atoms with E-state index in [9.17, 15) is 0 Å². The molecule has 0 saturated carbocycles. The molecule has 0 aliphatic heterocycles. The van der Waals surface area contributed by atoms with E-state index >= 15 is 0 Å². The molecule has 0 unspecified atom stereocenters. The average Bonchev–Trinajstić information content (AvgIpc) is 2.88. The molecule has 0 aromatic carbocycles. The van der Waals surface area contributed by atoms with Crippen LogP contribution in [0, 0.1) is 0 Å². The zero-order valence-corrected chi connectivity index (χ0v) is 12.4. The van der Waals surface area contributed by atoms with E-state index in [0.29, 0.717) is 25.5 Å². The quantitative estimate of drug-likeness (QED) is 0.746. The minimum Gasteiger partial charge on any atom is -0.475 e. The highest BCUT2D eigenvalue weighted by molar-refractivity contribution is 5.25. The molecule has 2 heterocycles. The third-order valence-electron chi connectivity index (χ3n) is 2.73. The molecule has 21 heavy (non-hydrogen) atoms. The Hall–Kier alpha value is -1.99. The van der Waals surface area contributed by atoms with E-state index in [4.69, 9.17) is 9.84 Å². The number of aliphatic hydroxyl groups excluding tert-OH is 1. The van der Waals surface area contributed by atoms with Gasteiger partial charge in [-0.1, -0.05) is 11.3 Å². The lowest BCUT2D eigenvalue weighted by Crippen LogP contribution is -2.16. The Morgan fingerprint density at radius 1 is 1.38 bits per heavy atom. The van der Waals surface area contributed by atoms with Gasteiger partial charge in [-0.25, -0.2) is 9.67 Å². The van der Waals surface area contributed by atoms with Crippen LogP contribution in [0.3, 0.4) is 0 Å². The Morgan fingerprint density at radius 3 is 3.00 bits per heavy atom. The number of pyridine rings is 1. The first kappa shape index (κ1) is 15.4. The van der Waals surface area contributed by atoms with Gasteiger partial charge >= 0.3 is 0 Å². The van der Waals surface area contributed by atoms with Crippen LogP contribution >= 0.6 is 0 Å². The molecule has 0 saturated heterocycles. The zero-order valence-electron chi connectivity index (χ0n) is 12.4. The number of rotatable bonds is 8. The van der Waals surface area contributed by atoms with E-state index < -0.39 is 0 Å². The summed E-state index contributed by atoms with van der Waals surface area (Å²) in [4.78, 5) is 4.25. The Labute approximate surface area is 124 Å². The molecule has 0 fully saturated rings. The van der Waals surface area contributed by atoms with Crippen molar-refractivity contribution < 1.29 is 9.84 Å². The zero-order chi connectivity index (χ0) is 15.1. The normalized spacial score (nSPS) is 11.0. The summed E-state index contributed by atoms with van der Waals surface area (Å²) in [7, 11) is 0. The Kier molecular flexibility index (Phi) is 5.65. The Bertz CT molecular complexity index is 556. The summed E-state index contributed by atoms with van der Waals surface area (Å²) < 4.78 is 7.29. The van der Waals surface area contributed by atoms with Gasteiger partial charge in [0.15, 0.2) is 0 Å². The van der Waals surface area contributed by atoms with Crippen LogP contribution in [-0.2, 0) is 19.6 Å². The van der Waals surface area contributed by atoms with Crippen molar-refractivity contribution in [3.63, 3.8) is 0 Å². The topological polar surface area (TPSA) is 85.1 Å². The molecular formula is C14H21N5O2. The van der Waals surface area contributed by atoms with Gasteiger partial charge in [0.2, 0.25) is 5.88 Å². The van der Waals surface area contributed by atoms with Gasteiger partial charge in [0.1, 0.15) is 0 Å². The first-order valence-corrected chi connectivity index (χ1v) is 7.00. The highest BCUT2D eigenvalue weighted by Crippen LogP contribution is 2.15. The third-order valence-corrected chi connectivity index (χ3v) is 2.73. The highest BCUT2D eigenvalue weighted by atomic mass is 16.5. The molecule has 0 bridgehead atoms. The smallest absolute Gasteiger partial charge is 0.218 e. The number of aliphatic hydroxyl groups is 1. The fourth-order valence-electron chi connectivity index (χ4n) is 1.84. The lowest BCUT2D eigenvalue weighted by Gasteiger charge is -2.12. The maximum Gasteiger partial charge on any atom is 0.218 e. The number of hydrogen-bond donors (Lipinski definition) is 2. The van der Waals surface area contributed by atoms with E-state index in [-0.39, 0.29) is 12.7 Å². The van der Waals surface area contributed by atoms with E-state index in [1.807, 2.05) is 32.2 Å². The van der Waals surface area contributed by atoms with Crippen LogP contribution in [0.4, 0.5) is 0 Å². The van der Waals surface area contributed by atoms with Crippen molar-refractivity contribution in [1.82, 2.24) is 25.3 Å². The monoisotopic (exact) mass is 291 g/mol. The average molecular weight is 291 g/mol. The van der Waals surface area contributed by atoms with Crippen LogP contribution in [-0.4, -0.2) is 37.8 Å². The van der Waals surface area contributed by atoms with Crippen molar-refractivity contribution in [3.8, 4) is 5.88 Å². The van der Waals surface area contributed by atoms with E-state index in [0.717, 1.165) is 11.3 Å². The Morgan fingerprint density at radius 2 is 2.24 bits per heavy atom. The van der Waals surface area contributed by atoms with Gasteiger partial charge in [0, 0.05) is 31.0 Å². The molecule has 7 heteroatoms. The Balaban J connectivity index is 1.87. The van der Waals surface area contributed by atoms with Crippen molar-refractivity contribution >= 4 is 0 Å². The molecular weight excluding hydrogens is 270 g/mol. The maximum absolute atomic E-state index is 8.83. The lowest BCUT2D eigenvalue weighted by molar-refractivity contribution is 0.229. The first-order valence-electron chi connectivity index (χ1n) is 7.00. The molecule has 0 amide bonds. The summed E-state index contributed by atoms with van der Waals surface area (Å²) in [6.07, 6.45) is 3.64. The van der Waals surface area contributed by atoms with Crippen LogP contribution in [0.2, 0.25) is 0 Å². The lowest BCUT2D eigenvalue weighted by atomic mass is 10.2. The van der Waals surface area contributed by atoms with E-state index in [1.54, 1.807) is 10.9 Å². The molecule has 0 radical (unpaired) electrons. The predicted octanol–water partition coefficient (Wildman–Crippen LogP) is 0.742. The molecule has 0 aliphatic carbocycles. The molecule has 0 aliphatic rings. The summed E-state index contributed by atoms with van der Waals surface area (Å²) in [5, 5.41) is 20.1. The summed E-state index contributed by atoms with van der Waals surface area (Å²) >= 11 is 0. The standard InChI is InChI=1S/C14H21N5O2/c1-11(2)21-14-12(4-3-5-16-14)8-15-9-13-10-19(6-7-20)18-17-13/h3-5,10-11,15,20H,6-9H2,1-2H3. The predicted molar refractivity (Wildman–Crippen MR) is 77.7 cm³/mol. The fourth-order valence-corrected chi connectivity index (χ4v) is 1.84. The van der Waals surface area contributed by atoms with Crippen molar-refractivity contribution in [2.24, 2.45) is 0 Å². The van der Waals surface area contributed by atoms with Crippen molar-refractivity contribution in [1.29, 1.82) is 0 Å². The van der Waals surface area contributed by atoms with Gasteiger partial charge in [-0.3, -0.25) is 0 Å².